The predicted molar refractivity (Wildman–Crippen MR) is 76.8 cm³/mol. The average Bonchev–Trinajstić information content (AvgIpc) is 2.41. The van der Waals surface area contributed by atoms with E-state index < -0.39 is 34.6 Å². The molecule has 22 heavy (non-hydrogen) atoms. The highest BCUT2D eigenvalue weighted by molar-refractivity contribution is 5.87. The van der Waals surface area contributed by atoms with Crippen molar-refractivity contribution < 1.29 is 23.5 Å². The maximum Gasteiger partial charge on any atom is 0.239 e. The summed E-state index contributed by atoms with van der Waals surface area (Å²) in [6.45, 7) is 4.46. The molecule has 0 heterocycles. The van der Waals surface area contributed by atoms with E-state index in [2.05, 4.69) is 10.6 Å². The lowest BCUT2D eigenvalue weighted by atomic mass is 9.96. The summed E-state index contributed by atoms with van der Waals surface area (Å²) in [6, 6.07) is 3.22. The maximum atomic E-state index is 13.4. The number of benzene rings is 1. The summed E-state index contributed by atoms with van der Waals surface area (Å²) in [5, 5.41) is 14.5. The second kappa shape index (κ2) is 7.31. The number of carbonyl (C=O) groups is 2. The van der Waals surface area contributed by atoms with Crippen LogP contribution in [0.15, 0.2) is 18.2 Å². The van der Waals surface area contributed by atoms with Gasteiger partial charge in [-0.1, -0.05) is 26.8 Å². The first-order chi connectivity index (χ1) is 10.1. The molecule has 0 bridgehead atoms. The number of hydrogen-bond donors (Lipinski definition) is 3. The third-order valence-corrected chi connectivity index (χ3v) is 2.92. The average molecular weight is 314 g/mol. The van der Waals surface area contributed by atoms with Crippen molar-refractivity contribution in [3.05, 3.63) is 35.4 Å². The minimum Gasteiger partial charge on any atom is -0.386 e. The van der Waals surface area contributed by atoms with E-state index in [1.165, 1.54) is 6.07 Å². The van der Waals surface area contributed by atoms with Crippen LogP contribution in [0.2, 0.25) is 0 Å². The zero-order valence-corrected chi connectivity index (χ0v) is 12.7. The van der Waals surface area contributed by atoms with Crippen LogP contribution in [-0.2, 0) is 9.59 Å². The monoisotopic (exact) mass is 314 g/mol. The van der Waals surface area contributed by atoms with Gasteiger partial charge in [0.25, 0.3) is 0 Å². The highest BCUT2D eigenvalue weighted by Crippen LogP contribution is 2.19. The van der Waals surface area contributed by atoms with Crippen LogP contribution in [0.3, 0.4) is 0 Å². The summed E-state index contributed by atoms with van der Waals surface area (Å²) in [4.78, 5) is 23.1. The second-order valence-corrected chi connectivity index (χ2v) is 5.89. The van der Waals surface area contributed by atoms with Crippen LogP contribution in [0.1, 0.15) is 32.4 Å². The number of aliphatic hydroxyl groups excluding tert-OH is 1. The Labute approximate surface area is 127 Å². The molecule has 1 aromatic rings. The van der Waals surface area contributed by atoms with Gasteiger partial charge in [0.1, 0.15) is 17.7 Å². The molecule has 0 saturated heterocycles. The standard InChI is InChI=1S/C15H20F2N2O3/c1-15(2,3)14(22)19-8-12(21)18-7-11(20)13-9(16)5-4-6-10(13)17/h4-6,11,20H,7-8H2,1-3H3,(H,18,21)(H,19,22). The van der Waals surface area contributed by atoms with Gasteiger partial charge in [-0.15, -0.1) is 0 Å². The Morgan fingerprint density at radius 3 is 2.23 bits per heavy atom. The smallest absolute Gasteiger partial charge is 0.239 e. The molecule has 0 fully saturated rings. The Morgan fingerprint density at radius 2 is 1.73 bits per heavy atom. The molecule has 0 saturated carbocycles. The Morgan fingerprint density at radius 1 is 1.18 bits per heavy atom. The second-order valence-electron chi connectivity index (χ2n) is 5.89. The van der Waals surface area contributed by atoms with Gasteiger partial charge in [-0.3, -0.25) is 9.59 Å². The lowest BCUT2D eigenvalue weighted by molar-refractivity contribution is -0.131. The number of amides is 2. The Hall–Kier alpha value is -2.02. The van der Waals surface area contributed by atoms with E-state index in [1.807, 2.05) is 0 Å². The topological polar surface area (TPSA) is 78.4 Å². The first-order valence-corrected chi connectivity index (χ1v) is 6.80. The molecule has 0 aliphatic rings. The van der Waals surface area contributed by atoms with Gasteiger partial charge in [0.05, 0.1) is 12.1 Å². The predicted octanol–water partition coefficient (Wildman–Crippen LogP) is 1.28. The highest BCUT2D eigenvalue weighted by Gasteiger charge is 2.22. The third kappa shape index (κ3) is 5.07. The largest absolute Gasteiger partial charge is 0.386 e. The van der Waals surface area contributed by atoms with Gasteiger partial charge in [-0.25, -0.2) is 8.78 Å². The summed E-state index contributed by atoms with van der Waals surface area (Å²) >= 11 is 0. The molecule has 1 aromatic carbocycles. The summed E-state index contributed by atoms with van der Waals surface area (Å²) in [5.74, 6) is -2.64. The Kier molecular flexibility index (Phi) is 5.99. The van der Waals surface area contributed by atoms with Gasteiger partial charge in [-0.05, 0) is 12.1 Å². The van der Waals surface area contributed by atoms with Crippen molar-refractivity contribution in [2.24, 2.45) is 5.41 Å². The van der Waals surface area contributed by atoms with Crippen LogP contribution < -0.4 is 10.6 Å². The van der Waals surface area contributed by atoms with Crippen molar-refractivity contribution in [1.82, 2.24) is 10.6 Å². The number of halogens is 2. The Bertz CT molecular complexity index is 536. The lowest BCUT2D eigenvalue weighted by Gasteiger charge is -2.18. The van der Waals surface area contributed by atoms with E-state index in [1.54, 1.807) is 20.8 Å². The molecule has 1 rings (SSSR count). The number of carbonyl (C=O) groups excluding carboxylic acids is 2. The molecule has 0 spiro atoms. The molecule has 0 aliphatic carbocycles. The van der Waals surface area contributed by atoms with E-state index >= 15 is 0 Å². The molecular formula is C15H20F2N2O3. The molecule has 3 N–H and O–H groups in total. The minimum absolute atomic E-state index is 0.275. The van der Waals surface area contributed by atoms with E-state index in [4.69, 9.17) is 0 Å². The molecule has 0 aliphatic heterocycles. The van der Waals surface area contributed by atoms with Crippen molar-refractivity contribution >= 4 is 11.8 Å². The summed E-state index contributed by atoms with van der Waals surface area (Å²) in [7, 11) is 0. The molecule has 122 valence electrons. The van der Waals surface area contributed by atoms with Gasteiger partial charge in [0, 0.05) is 12.0 Å². The van der Waals surface area contributed by atoms with Crippen molar-refractivity contribution in [1.29, 1.82) is 0 Å². The zero-order valence-electron chi connectivity index (χ0n) is 12.7. The number of nitrogens with one attached hydrogen (secondary N) is 2. The summed E-state index contributed by atoms with van der Waals surface area (Å²) < 4.78 is 26.9. The van der Waals surface area contributed by atoms with Crippen molar-refractivity contribution in [2.75, 3.05) is 13.1 Å². The molecule has 5 nitrogen and oxygen atoms in total. The minimum atomic E-state index is -1.51. The van der Waals surface area contributed by atoms with Gasteiger partial charge in [0.2, 0.25) is 11.8 Å². The molecule has 0 aromatic heterocycles. The number of hydrogen-bond acceptors (Lipinski definition) is 3. The molecular weight excluding hydrogens is 294 g/mol. The quantitative estimate of drug-likeness (QED) is 0.766. The first kappa shape index (κ1) is 18.0. The lowest BCUT2D eigenvalue weighted by Crippen LogP contribution is -2.42. The van der Waals surface area contributed by atoms with E-state index in [9.17, 15) is 23.5 Å². The van der Waals surface area contributed by atoms with Crippen molar-refractivity contribution in [3.8, 4) is 0 Å². The first-order valence-electron chi connectivity index (χ1n) is 6.80. The number of rotatable bonds is 5. The fourth-order valence-electron chi connectivity index (χ4n) is 1.63. The zero-order chi connectivity index (χ0) is 16.9. The maximum absolute atomic E-state index is 13.4. The molecule has 0 radical (unpaired) electrons. The molecule has 7 heteroatoms. The summed E-state index contributed by atoms with van der Waals surface area (Å²) in [6.07, 6.45) is -1.51. The normalized spacial score (nSPS) is 12.6. The van der Waals surface area contributed by atoms with Crippen LogP contribution in [-0.4, -0.2) is 30.0 Å². The van der Waals surface area contributed by atoms with Gasteiger partial charge < -0.3 is 15.7 Å². The molecule has 1 unspecified atom stereocenters. The summed E-state index contributed by atoms with van der Waals surface area (Å²) in [5.41, 5.74) is -1.13. The number of aliphatic hydroxyl groups is 1. The SMILES string of the molecule is CC(C)(C)C(=O)NCC(=O)NCC(O)c1c(F)cccc1F. The van der Waals surface area contributed by atoms with Crippen molar-refractivity contribution in [2.45, 2.75) is 26.9 Å². The van der Waals surface area contributed by atoms with Crippen LogP contribution in [0, 0.1) is 17.0 Å². The van der Waals surface area contributed by atoms with Crippen molar-refractivity contribution in [3.63, 3.8) is 0 Å². The van der Waals surface area contributed by atoms with Gasteiger partial charge >= 0.3 is 0 Å². The van der Waals surface area contributed by atoms with E-state index in [0.717, 1.165) is 12.1 Å². The van der Waals surface area contributed by atoms with E-state index in [0.29, 0.717) is 0 Å². The molecule has 2 amide bonds. The van der Waals surface area contributed by atoms with Gasteiger partial charge in [-0.2, -0.15) is 0 Å². The highest BCUT2D eigenvalue weighted by atomic mass is 19.1. The van der Waals surface area contributed by atoms with Crippen LogP contribution in [0.4, 0.5) is 8.78 Å². The van der Waals surface area contributed by atoms with Crippen LogP contribution >= 0.6 is 0 Å². The van der Waals surface area contributed by atoms with Crippen LogP contribution in [0.5, 0.6) is 0 Å². The van der Waals surface area contributed by atoms with E-state index in [-0.39, 0.29) is 19.0 Å². The van der Waals surface area contributed by atoms with Gasteiger partial charge in [0.15, 0.2) is 0 Å². The molecule has 1 atom stereocenters. The fourth-order valence-corrected chi connectivity index (χ4v) is 1.63. The van der Waals surface area contributed by atoms with Crippen LogP contribution in [0.25, 0.3) is 0 Å². The fraction of sp³-hybridized carbons (Fsp3) is 0.467. The third-order valence-electron chi connectivity index (χ3n) is 2.92. The Balaban J connectivity index is 2.49.